The van der Waals surface area contributed by atoms with Crippen LogP contribution in [0, 0.1) is 0 Å². The molecule has 0 aliphatic heterocycles. The van der Waals surface area contributed by atoms with Crippen LogP contribution < -0.4 is 20.1 Å². The van der Waals surface area contributed by atoms with Gasteiger partial charge in [0.1, 0.15) is 23.9 Å². The van der Waals surface area contributed by atoms with Crippen LogP contribution in [0.25, 0.3) is 11.3 Å². The zero-order chi connectivity index (χ0) is 23.1. The third-order valence-electron chi connectivity index (χ3n) is 3.92. The molecule has 0 unspecified atom stereocenters. The van der Waals surface area contributed by atoms with Crippen molar-refractivity contribution in [2.45, 2.75) is 13.3 Å². The Morgan fingerprint density at radius 1 is 1.06 bits per heavy atom. The van der Waals surface area contributed by atoms with E-state index in [2.05, 4.69) is 25.3 Å². The van der Waals surface area contributed by atoms with Crippen LogP contribution in [0.1, 0.15) is 6.92 Å². The third-order valence-corrected chi connectivity index (χ3v) is 3.92. The van der Waals surface area contributed by atoms with Crippen LogP contribution in [0.15, 0.2) is 54.6 Å². The number of carboxylic acids is 1. The van der Waals surface area contributed by atoms with Crippen molar-refractivity contribution >= 4 is 23.4 Å². The first-order valence-corrected chi connectivity index (χ1v) is 9.42. The number of benzene rings is 2. The molecule has 0 saturated heterocycles. The molecule has 3 aromatic rings. The predicted octanol–water partition coefficient (Wildman–Crippen LogP) is 4.68. The summed E-state index contributed by atoms with van der Waals surface area (Å²) in [4.78, 5) is 19.3. The van der Waals surface area contributed by atoms with Crippen molar-refractivity contribution in [3.8, 4) is 22.8 Å². The fourth-order valence-electron chi connectivity index (χ4n) is 2.69. The number of nitrogens with zero attached hydrogens (tertiary/aromatic N) is 2. The van der Waals surface area contributed by atoms with Crippen LogP contribution in [0.4, 0.5) is 30.6 Å². The van der Waals surface area contributed by atoms with Gasteiger partial charge in [-0.05, 0) is 43.3 Å². The van der Waals surface area contributed by atoms with E-state index in [0.717, 1.165) is 0 Å². The van der Waals surface area contributed by atoms with Gasteiger partial charge in [0, 0.05) is 17.3 Å². The summed E-state index contributed by atoms with van der Waals surface area (Å²) >= 11 is 0. The number of hydrogen-bond acceptors (Lipinski definition) is 7. The van der Waals surface area contributed by atoms with Gasteiger partial charge in [0.2, 0.25) is 5.95 Å². The lowest BCUT2D eigenvalue weighted by Gasteiger charge is -2.13. The maximum Gasteiger partial charge on any atom is 0.573 e. The molecule has 0 amide bonds. The van der Waals surface area contributed by atoms with Gasteiger partial charge in [0.05, 0.1) is 12.3 Å². The lowest BCUT2D eigenvalue weighted by atomic mass is 10.1. The molecule has 1 heterocycles. The maximum absolute atomic E-state index is 12.6. The molecule has 0 aliphatic rings. The van der Waals surface area contributed by atoms with Gasteiger partial charge in [-0.1, -0.05) is 12.1 Å². The van der Waals surface area contributed by atoms with Gasteiger partial charge < -0.3 is 25.2 Å². The number of aromatic nitrogens is 2. The normalized spacial score (nSPS) is 11.0. The summed E-state index contributed by atoms with van der Waals surface area (Å²) in [6.07, 6.45) is -4.83. The van der Waals surface area contributed by atoms with Crippen LogP contribution >= 0.6 is 0 Å². The van der Waals surface area contributed by atoms with Crippen molar-refractivity contribution in [2.75, 3.05) is 23.8 Å². The van der Waals surface area contributed by atoms with Crippen molar-refractivity contribution in [2.24, 2.45) is 0 Å². The first-order valence-electron chi connectivity index (χ1n) is 9.42. The van der Waals surface area contributed by atoms with E-state index in [1.165, 1.54) is 24.3 Å². The number of aliphatic carboxylic acids is 1. The third kappa shape index (κ3) is 6.76. The lowest BCUT2D eigenvalue weighted by Crippen LogP contribution is -2.17. The predicted molar refractivity (Wildman–Crippen MR) is 111 cm³/mol. The number of nitrogens with one attached hydrogen (secondary N) is 2. The van der Waals surface area contributed by atoms with Gasteiger partial charge in [-0.15, -0.1) is 13.2 Å². The Hall–Kier alpha value is -4.02. The summed E-state index contributed by atoms with van der Waals surface area (Å²) in [7, 11) is 0. The highest BCUT2D eigenvalue weighted by Crippen LogP contribution is 2.29. The molecule has 0 atom stereocenters. The fraction of sp³-hybridized carbons (Fsp3) is 0.190. The molecule has 1 aromatic heterocycles. The molecule has 0 aliphatic carbocycles. The van der Waals surface area contributed by atoms with Crippen molar-refractivity contribution in [3.05, 3.63) is 54.6 Å². The molecule has 3 N–H and O–H groups in total. The summed E-state index contributed by atoms with van der Waals surface area (Å²) in [5.74, 6) is -0.559. The van der Waals surface area contributed by atoms with E-state index in [4.69, 9.17) is 9.84 Å². The standard InChI is InChI=1S/C21H19F3N4O4/c1-2-31-15-8-6-14(7-9-15)26-18-11-17(27-20(28-18)25-12-19(29)30)13-4-3-5-16(10-13)32-21(22,23)24/h3-11H,2,12H2,1H3,(H,29,30)(H2,25,26,27,28). The number of halogens is 3. The molecule has 32 heavy (non-hydrogen) atoms. The summed E-state index contributed by atoms with van der Waals surface area (Å²) in [6, 6.07) is 13.8. The van der Waals surface area contributed by atoms with Crippen LogP contribution in [-0.2, 0) is 4.79 Å². The van der Waals surface area contributed by atoms with Gasteiger partial charge in [-0.25, -0.2) is 4.98 Å². The molecule has 0 bridgehead atoms. The van der Waals surface area contributed by atoms with E-state index in [-0.39, 0.29) is 11.6 Å². The second-order valence-electron chi connectivity index (χ2n) is 6.37. The Balaban J connectivity index is 1.92. The molecule has 168 valence electrons. The monoisotopic (exact) mass is 448 g/mol. The van der Waals surface area contributed by atoms with Crippen LogP contribution in [0.2, 0.25) is 0 Å². The number of hydrogen-bond donors (Lipinski definition) is 3. The highest BCUT2D eigenvalue weighted by atomic mass is 19.4. The van der Waals surface area contributed by atoms with E-state index < -0.39 is 24.6 Å². The van der Waals surface area contributed by atoms with E-state index in [9.17, 15) is 18.0 Å². The highest BCUT2D eigenvalue weighted by Gasteiger charge is 2.31. The lowest BCUT2D eigenvalue weighted by molar-refractivity contribution is -0.274. The summed E-state index contributed by atoms with van der Waals surface area (Å²) in [5.41, 5.74) is 1.24. The van der Waals surface area contributed by atoms with Gasteiger partial charge in [0.25, 0.3) is 0 Å². The van der Waals surface area contributed by atoms with Gasteiger partial charge in [-0.3, -0.25) is 4.79 Å². The molecule has 0 saturated carbocycles. The van der Waals surface area contributed by atoms with Crippen LogP contribution in [0.3, 0.4) is 0 Å². The zero-order valence-electron chi connectivity index (χ0n) is 16.8. The zero-order valence-corrected chi connectivity index (χ0v) is 16.8. The second-order valence-corrected chi connectivity index (χ2v) is 6.37. The van der Waals surface area contributed by atoms with Crippen molar-refractivity contribution in [3.63, 3.8) is 0 Å². The van der Waals surface area contributed by atoms with Gasteiger partial charge in [-0.2, -0.15) is 4.98 Å². The number of carbonyl (C=O) groups is 1. The Morgan fingerprint density at radius 2 is 1.81 bits per heavy atom. The summed E-state index contributed by atoms with van der Waals surface area (Å²) in [5, 5.41) is 14.5. The number of rotatable bonds is 9. The van der Waals surface area contributed by atoms with Gasteiger partial charge in [0.15, 0.2) is 0 Å². The second kappa shape index (κ2) is 9.86. The molecule has 3 rings (SSSR count). The minimum Gasteiger partial charge on any atom is -0.494 e. The molecular weight excluding hydrogens is 429 g/mol. The number of ether oxygens (including phenoxy) is 2. The molecule has 0 fully saturated rings. The molecule has 0 radical (unpaired) electrons. The molecule has 11 heteroatoms. The number of anilines is 3. The quantitative estimate of drug-likeness (QED) is 0.433. The van der Waals surface area contributed by atoms with Crippen LogP contribution in [0.5, 0.6) is 11.5 Å². The first kappa shape index (κ1) is 22.7. The Morgan fingerprint density at radius 3 is 2.47 bits per heavy atom. The minimum absolute atomic E-state index is 0.0134. The van der Waals surface area contributed by atoms with E-state index in [0.29, 0.717) is 29.4 Å². The van der Waals surface area contributed by atoms with E-state index in [1.54, 1.807) is 30.3 Å². The average molecular weight is 448 g/mol. The molecule has 8 nitrogen and oxygen atoms in total. The molecule has 2 aromatic carbocycles. The summed E-state index contributed by atoms with van der Waals surface area (Å²) < 4.78 is 47.1. The maximum atomic E-state index is 12.6. The van der Waals surface area contributed by atoms with E-state index in [1.807, 2.05) is 6.92 Å². The average Bonchev–Trinajstić information content (AvgIpc) is 2.73. The topological polar surface area (TPSA) is 106 Å². The highest BCUT2D eigenvalue weighted by molar-refractivity contribution is 5.73. The largest absolute Gasteiger partial charge is 0.573 e. The van der Waals surface area contributed by atoms with Crippen LogP contribution in [-0.4, -0.2) is 40.6 Å². The minimum atomic E-state index is -4.83. The summed E-state index contributed by atoms with van der Waals surface area (Å²) in [6.45, 7) is 1.95. The van der Waals surface area contributed by atoms with E-state index >= 15 is 0 Å². The van der Waals surface area contributed by atoms with Crippen molar-refractivity contribution in [1.29, 1.82) is 0 Å². The smallest absolute Gasteiger partial charge is 0.494 e. The number of carboxylic acid groups (broad SMARTS) is 1. The first-order chi connectivity index (χ1) is 15.2. The molecule has 0 spiro atoms. The Kier molecular flexibility index (Phi) is 6.98. The molecular formula is C21H19F3N4O4. The Bertz CT molecular complexity index is 1080. The van der Waals surface area contributed by atoms with Crippen molar-refractivity contribution in [1.82, 2.24) is 9.97 Å². The van der Waals surface area contributed by atoms with Gasteiger partial charge >= 0.3 is 12.3 Å². The SMILES string of the molecule is CCOc1ccc(Nc2cc(-c3cccc(OC(F)(F)F)c3)nc(NCC(=O)O)n2)cc1. The fourth-order valence-corrected chi connectivity index (χ4v) is 2.69. The van der Waals surface area contributed by atoms with Crippen molar-refractivity contribution < 1.29 is 32.5 Å². The number of alkyl halides is 3. The Labute approximate surface area is 181 Å².